The average Bonchev–Trinajstić information content (AvgIpc) is 2.77. The van der Waals surface area contributed by atoms with E-state index >= 15 is 0 Å². The molecule has 0 radical (unpaired) electrons. The molecule has 104 valence electrons. The summed E-state index contributed by atoms with van der Waals surface area (Å²) >= 11 is 0. The Morgan fingerprint density at radius 2 is 2.11 bits per heavy atom. The number of amides is 1. The van der Waals surface area contributed by atoms with E-state index in [9.17, 15) is 18.0 Å². The van der Waals surface area contributed by atoms with E-state index < -0.39 is 28.3 Å². The minimum Gasteiger partial charge on any atom is -0.468 e. The van der Waals surface area contributed by atoms with Gasteiger partial charge in [0, 0.05) is 6.54 Å². The van der Waals surface area contributed by atoms with Gasteiger partial charge in [-0.25, -0.2) is 9.52 Å². The van der Waals surface area contributed by atoms with Crippen LogP contribution in [0, 0.1) is 0 Å². The van der Waals surface area contributed by atoms with Crippen molar-refractivity contribution < 1.29 is 27.5 Å². The Labute approximate surface area is 105 Å². The third kappa shape index (κ3) is 3.33. The number of nitrogens with zero attached hydrogens (tertiary/aromatic N) is 1. The van der Waals surface area contributed by atoms with Crippen LogP contribution in [-0.4, -0.2) is 51.1 Å². The zero-order valence-corrected chi connectivity index (χ0v) is 11.0. The summed E-state index contributed by atoms with van der Waals surface area (Å²) in [7, 11) is -2.89. The topological polar surface area (TPSA) is 102 Å². The number of rotatable bonds is 4. The fraction of sp³-hybridized carbons (Fsp3) is 0.778. The minimum atomic E-state index is -4.08. The Balaban J connectivity index is 2.78. The van der Waals surface area contributed by atoms with E-state index in [-0.39, 0.29) is 13.2 Å². The van der Waals surface area contributed by atoms with E-state index in [1.807, 2.05) is 0 Å². The standard InChI is InChI=1S/C9H16N2O6S/c1-3-17-9(13)10-18(14,15)11-6-4-5-7(11)8(12)16-2/h7H,3-6H2,1-2H3,(H,10,13). The number of nitrogens with one attached hydrogen (secondary N) is 1. The molecule has 0 spiro atoms. The first-order chi connectivity index (χ1) is 8.42. The maximum atomic E-state index is 11.9. The summed E-state index contributed by atoms with van der Waals surface area (Å²) in [5, 5.41) is 0. The Kier molecular flexibility index (Phi) is 4.91. The van der Waals surface area contributed by atoms with Gasteiger partial charge in [-0.3, -0.25) is 4.79 Å². The molecule has 0 aliphatic carbocycles. The molecule has 0 aromatic rings. The highest BCUT2D eigenvalue weighted by Crippen LogP contribution is 2.21. The maximum absolute atomic E-state index is 11.9. The number of esters is 1. The number of carbonyl (C=O) groups excluding carboxylic acids is 2. The van der Waals surface area contributed by atoms with E-state index in [1.54, 1.807) is 11.6 Å². The summed E-state index contributed by atoms with van der Waals surface area (Å²) in [5.74, 6) is -0.637. The van der Waals surface area contributed by atoms with Gasteiger partial charge in [0.2, 0.25) is 0 Å². The molecule has 8 nitrogen and oxygen atoms in total. The van der Waals surface area contributed by atoms with E-state index in [0.717, 1.165) is 4.31 Å². The largest absolute Gasteiger partial charge is 0.468 e. The monoisotopic (exact) mass is 280 g/mol. The fourth-order valence-corrected chi connectivity index (χ4v) is 3.01. The van der Waals surface area contributed by atoms with Gasteiger partial charge in [-0.15, -0.1) is 0 Å². The van der Waals surface area contributed by atoms with Crippen LogP contribution >= 0.6 is 0 Å². The van der Waals surface area contributed by atoms with Crippen LogP contribution in [0.5, 0.6) is 0 Å². The summed E-state index contributed by atoms with van der Waals surface area (Å²) in [5.41, 5.74) is 0. The lowest BCUT2D eigenvalue weighted by Crippen LogP contribution is -2.48. The highest BCUT2D eigenvalue weighted by molar-refractivity contribution is 7.87. The van der Waals surface area contributed by atoms with Gasteiger partial charge in [-0.2, -0.15) is 12.7 Å². The predicted octanol–water partition coefficient (Wildman–Crippen LogP) is -0.385. The number of hydrogen-bond donors (Lipinski definition) is 1. The summed E-state index contributed by atoms with van der Waals surface area (Å²) in [6, 6.07) is -0.887. The third-order valence-electron chi connectivity index (χ3n) is 2.47. The summed E-state index contributed by atoms with van der Waals surface area (Å²) in [4.78, 5) is 22.5. The zero-order valence-electron chi connectivity index (χ0n) is 10.2. The van der Waals surface area contributed by atoms with Crippen molar-refractivity contribution in [2.75, 3.05) is 20.3 Å². The van der Waals surface area contributed by atoms with Crippen molar-refractivity contribution in [3.05, 3.63) is 0 Å². The van der Waals surface area contributed by atoms with Crippen LogP contribution in [0.4, 0.5) is 4.79 Å². The summed E-state index contributed by atoms with van der Waals surface area (Å²) in [6.45, 7) is 1.77. The number of hydrogen-bond acceptors (Lipinski definition) is 6. The van der Waals surface area contributed by atoms with Crippen LogP contribution in [-0.2, 0) is 24.5 Å². The molecule has 1 N–H and O–H groups in total. The van der Waals surface area contributed by atoms with Crippen LogP contribution < -0.4 is 4.72 Å². The molecule has 0 bridgehead atoms. The normalized spacial score (nSPS) is 20.4. The van der Waals surface area contributed by atoms with E-state index in [0.29, 0.717) is 12.8 Å². The Morgan fingerprint density at radius 3 is 2.67 bits per heavy atom. The van der Waals surface area contributed by atoms with Gasteiger partial charge < -0.3 is 9.47 Å². The maximum Gasteiger partial charge on any atom is 0.421 e. The smallest absolute Gasteiger partial charge is 0.421 e. The highest BCUT2D eigenvalue weighted by atomic mass is 32.2. The van der Waals surface area contributed by atoms with Crippen molar-refractivity contribution in [2.24, 2.45) is 0 Å². The quantitative estimate of drug-likeness (QED) is 0.704. The van der Waals surface area contributed by atoms with Gasteiger partial charge >= 0.3 is 22.3 Å². The second-order valence-electron chi connectivity index (χ2n) is 3.62. The van der Waals surface area contributed by atoms with Crippen LogP contribution in [0.2, 0.25) is 0 Å². The fourth-order valence-electron chi connectivity index (χ4n) is 1.72. The molecule has 1 saturated heterocycles. The summed E-state index contributed by atoms with van der Waals surface area (Å²) in [6.07, 6.45) is -0.159. The Hall–Kier alpha value is -1.35. The predicted molar refractivity (Wildman–Crippen MR) is 60.8 cm³/mol. The lowest BCUT2D eigenvalue weighted by atomic mass is 10.2. The van der Waals surface area contributed by atoms with Crippen molar-refractivity contribution in [1.82, 2.24) is 9.03 Å². The zero-order chi connectivity index (χ0) is 13.8. The molecule has 1 atom stereocenters. The first-order valence-corrected chi connectivity index (χ1v) is 6.90. The molecule has 1 heterocycles. The number of ether oxygens (including phenoxy) is 2. The van der Waals surface area contributed by atoms with Crippen LogP contribution in [0.1, 0.15) is 19.8 Å². The Bertz CT molecular complexity index is 421. The summed E-state index contributed by atoms with van der Waals surface area (Å²) < 4.78 is 35.4. The molecule has 0 saturated carbocycles. The molecule has 1 aliphatic heterocycles. The first-order valence-electron chi connectivity index (χ1n) is 5.46. The van der Waals surface area contributed by atoms with Crippen molar-refractivity contribution in [3.8, 4) is 0 Å². The van der Waals surface area contributed by atoms with Crippen molar-refractivity contribution >= 4 is 22.3 Å². The number of methoxy groups -OCH3 is 1. The SMILES string of the molecule is CCOC(=O)NS(=O)(=O)N1CCCC1C(=O)OC. The molecule has 1 amide bonds. The van der Waals surface area contributed by atoms with Gasteiger partial charge in [0.1, 0.15) is 6.04 Å². The molecule has 0 aromatic carbocycles. The second-order valence-corrected chi connectivity index (χ2v) is 5.24. The van der Waals surface area contributed by atoms with Crippen molar-refractivity contribution in [3.63, 3.8) is 0 Å². The first kappa shape index (κ1) is 14.7. The van der Waals surface area contributed by atoms with Crippen LogP contribution in [0.15, 0.2) is 0 Å². The molecule has 0 aromatic heterocycles. The molecule has 1 unspecified atom stereocenters. The molecular formula is C9H16N2O6S. The molecule has 1 rings (SSSR count). The van der Waals surface area contributed by atoms with Crippen LogP contribution in [0.3, 0.4) is 0 Å². The van der Waals surface area contributed by atoms with Gasteiger partial charge in [0.05, 0.1) is 13.7 Å². The Morgan fingerprint density at radius 1 is 1.44 bits per heavy atom. The molecule has 9 heteroatoms. The van der Waals surface area contributed by atoms with Crippen molar-refractivity contribution in [1.29, 1.82) is 0 Å². The molecule has 18 heavy (non-hydrogen) atoms. The lowest BCUT2D eigenvalue weighted by molar-refractivity contribution is -0.144. The van der Waals surface area contributed by atoms with E-state index in [4.69, 9.17) is 0 Å². The number of carbonyl (C=O) groups is 2. The third-order valence-corrected chi connectivity index (χ3v) is 3.95. The highest BCUT2D eigenvalue weighted by Gasteiger charge is 2.40. The van der Waals surface area contributed by atoms with Crippen LogP contribution in [0.25, 0.3) is 0 Å². The van der Waals surface area contributed by atoms with Gasteiger partial charge in [0.15, 0.2) is 0 Å². The minimum absolute atomic E-state index is 0.0573. The van der Waals surface area contributed by atoms with E-state index in [1.165, 1.54) is 7.11 Å². The van der Waals surface area contributed by atoms with E-state index in [2.05, 4.69) is 9.47 Å². The average molecular weight is 280 g/mol. The van der Waals surface area contributed by atoms with Crippen molar-refractivity contribution in [2.45, 2.75) is 25.8 Å². The molecule has 1 fully saturated rings. The second kappa shape index (κ2) is 6.01. The lowest BCUT2D eigenvalue weighted by Gasteiger charge is -2.21. The molecular weight excluding hydrogens is 264 g/mol. The van der Waals surface area contributed by atoms with Gasteiger partial charge in [0.25, 0.3) is 0 Å². The molecule has 1 aliphatic rings. The van der Waals surface area contributed by atoms with Gasteiger partial charge in [-0.1, -0.05) is 0 Å². The van der Waals surface area contributed by atoms with Gasteiger partial charge in [-0.05, 0) is 19.8 Å².